The maximum Gasteiger partial charge on any atom is 0.249 e. The molecule has 0 aromatic heterocycles. The van der Waals surface area contributed by atoms with Gasteiger partial charge in [-0.2, -0.15) is 15.6 Å². The van der Waals surface area contributed by atoms with Gasteiger partial charge >= 0.3 is 0 Å². The van der Waals surface area contributed by atoms with E-state index >= 15 is 0 Å². The van der Waals surface area contributed by atoms with E-state index < -0.39 is 23.6 Å². The average molecular weight is 270 g/mol. The van der Waals surface area contributed by atoms with E-state index in [4.69, 9.17) is 10.5 Å². The summed E-state index contributed by atoms with van der Waals surface area (Å²) in [6.07, 6.45) is 0. The highest BCUT2D eigenvalue weighted by Crippen LogP contribution is 2.35. The normalized spacial score (nSPS) is 18.9. The summed E-state index contributed by atoms with van der Waals surface area (Å²) in [6, 6.07) is 9.34. The van der Waals surface area contributed by atoms with Crippen LogP contribution < -0.4 is 5.43 Å². The molecule has 0 saturated heterocycles. The number of hydrogen-bond donors (Lipinski definition) is 1. The van der Waals surface area contributed by atoms with E-state index in [0.29, 0.717) is 11.3 Å². The van der Waals surface area contributed by atoms with Crippen molar-refractivity contribution in [3.63, 3.8) is 0 Å². The van der Waals surface area contributed by atoms with Crippen molar-refractivity contribution in [1.29, 1.82) is 10.5 Å². The number of rotatable bonds is 3. The van der Waals surface area contributed by atoms with Gasteiger partial charge in [0.15, 0.2) is 0 Å². The van der Waals surface area contributed by atoms with Gasteiger partial charge in [-0.05, 0) is 24.6 Å². The van der Waals surface area contributed by atoms with E-state index in [1.807, 2.05) is 12.1 Å². The number of hydrazone groups is 1. The summed E-state index contributed by atoms with van der Waals surface area (Å²) < 4.78 is 13.4. The van der Waals surface area contributed by atoms with Crippen molar-refractivity contribution in [1.82, 2.24) is 5.43 Å². The van der Waals surface area contributed by atoms with Crippen LogP contribution in [0.2, 0.25) is 0 Å². The van der Waals surface area contributed by atoms with Crippen molar-refractivity contribution < 1.29 is 9.18 Å². The van der Waals surface area contributed by atoms with Gasteiger partial charge in [-0.25, -0.2) is 9.82 Å². The number of amides is 1. The van der Waals surface area contributed by atoms with Crippen LogP contribution >= 0.6 is 0 Å². The average Bonchev–Trinajstić information content (AvgIpc) is 2.76. The molecule has 1 N–H and O–H groups in total. The van der Waals surface area contributed by atoms with Gasteiger partial charge in [-0.1, -0.05) is 12.1 Å². The first-order valence-corrected chi connectivity index (χ1v) is 5.97. The zero-order valence-electron chi connectivity index (χ0n) is 10.7. The van der Waals surface area contributed by atoms with Crippen LogP contribution in [-0.4, -0.2) is 11.6 Å². The fraction of sp³-hybridized carbons (Fsp3) is 0.286. The first-order chi connectivity index (χ1) is 9.58. The van der Waals surface area contributed by atoms with Crippen molar-refractivity contribution in [2.24, 2.45) is 16.9 Å². The molecule has 0 bridgehead atoms. The highest BCUT2D eigenvalue weighted by atomic mass is 19.1. The molecule has 1 amide bonds. The van der Waals surface area contributed by atoms with Gasteiger partial charge in [0.1, 0.15) is 11.7 Å². The van der Waals surface area contributed by atoms with Crippen LogP contribution in [-0.2, 0) is 4.79 Å². The van der Waals surface area contributed by atoms with Crippen molar-refractivity contribution in [2.75, 3.05) is 0 Å². The third-order valence-corrected chi connectivity index (χ3v) is 3.30. The molecule has 1 heterocycles. The molecule has 100 valence electrons. The molecule has 0 aliphatic carbocycles. The van der Waals surface area contributed by atoms with Crippen molar-refractivity contribution in [3.05, 3.63) is 35.6 Å². The molecule has 20 heavy (non-hydrogen) atoms. The van der Waals surface area contributed by atoms with Gasteiger partial charge in [-0.15, -0.1) is 0 Å². The lowest BCUT2D eigenvalue weighted by Crippen LogP contribution is -2.32. The van der Waals surface area contributed by atoms with E-state index in [-0.39, 0.29) is 5.91 Å². The molecule has 0 radical (unpaired) electrons. The van der Waals surface area contributed by atoms with Crippen LogP contribution in [0, 0.1) is 40.3 Å². The third kappa shape index (κ3) is 2.36. The summed E-state index contributed by atoms with van der Waals surface area (Å²) >= 11 is 0. The highest BCUT2D eigenvalue weighted by Gasteiger charge is 2.40. The fourth-order valence-electron chi connectivity index (χ4n) is 2.38. The standard InChI is InChI=1S/C14H11FN4O/c1-8-12(14(20)19-18-8)13(10(6-16)7-17)9-3-2-4-11(15)5-9/h2-5,10,12-13H,1H3,(H,19,20)/t12-,13+/m1/s1. The summed E-state index contributed by atoms with van der Waals surface area (Å²) in [7, 11) is 0. The van der Waals surface area contributed by atoms with Gasteiger partial charge < -0.3 is 0 Å². The van der Waals surface area contributed by atoms with E-state index in [1.165, 1.54) is 18.2 Å². The second-order valence-corrected chi connectivity index (χ2v) is 4.52. The lowest BCUT2D eigenvalue weighted by atomic mass is 9.76. The van der Waals surface area contributed by atoms with Gasteiger partial charge in [0.2, 0.25) is 5.91 Å². The van der Waals surface area contributed by atoms with Gasteiger partial charge in [0, 0.05) is 11.6 Å². The lowest BCUT2D eigenvalue weighted by molar-refractivity contribution is -0.122. The number of carbonyl (C=O) groups excluding carboxylic acids is 1. The van der Waals surface area contributed by atoms with E-state index in [9.17, 15) is 9.18 Å². The molecule has 2 rings (SSSR count). The van der Waals surface area contributed by atoms with E-state index in [2.05, 4.69) is 10.5 Å². The lowest BCUT2D eigenvalue weighted by Gasteiger charge is -2.23. The number of benzene rings is 1. The SMILES string of the molecule is CC1=NNC(=O)[C@H]1[C@@H](c1cccc(F)c1)C(C#N)C#N. The Hall–Kier alpha value is -2.73. The predicted molar refractivity (Wildman–Crippen MR) is 68.6 cm³/mol. The number of halogens is 1. The molecule has 0 unspecified atom stereocenters. The highest BCUT2D eigenvalue weighted by molar-refractivity contribution is 6.07. The van der Waals surface area contributed by atoms with Crippen LogP contribution in [0.15, 0.2) is 29.4 Å². The Kier molecular flexibility index (Phi) is 3.76. The zero-order valence-corrected chi connectivity index (χ0v) is 10.7. The molecule has 0 spiro atoms. The number of nitrogens with one attached hydrogen (secondary N) is 1. The Bertz CT molecular complexity index is 642. The van der Waals surface area contributed by atoms with Gasteiger partial charge in [0.25, 0.3) is 0 Å². The largest absolute Gasteiger partial charge is 0.272 e. The summed E-state index contributed by atoms with van der Waals surface area (Å²) in [5.74, 6) is -3.40. The molecule has 0 saturated carbocycles. The van der Waals surface area contributed by atoms with E-state index in [1.54, 1.807) is 13.0 Å². The number of nitriles is 2. The summed E-state index contributed by atoms with van der Waals surface area (Å²) in [6.45, 7) is 1.64. The minimum absolute atomic E-state index is 0.382. The summed E-state index contributed by atoms with van der Waals surface area (Å²) in [4.78, 5) is 11.9. The summed E-state index contributed by atoms with van der Waals surface area (Å²) in [5.41, 5.74) is 3.25. The van der Waals surface area contributed by atoms with Crippen LogP contribution in [0.3, 0.4) is 0 Å². The number of hydrogen-bond acceptors (Lipinski definition) is 4. The Balaban J connectivity index is 2.52. The topological polar surface area (TPSA) is 89.0 Å². The fourth-order valence-corrected chi connectivity index (χ4v) is 2.38. The molecule has 5 nitrogen and oxygen atoms in total. The Morgan fingerprint density at radius 1 is 1.40 bits per heavy atom. The first-order valence-electron chi connectivity index (χ1n) is 5.97. The van der Waals surface area contributed by atoms with Gasteiger partial charge in [0.05, 0.1) is 18.1 Å². The minimum atomic E-state index is -1.06. The predicted octanol–water partition coefficient (Wildman–Crippen LogP) is 1.69. The Morgan fingerprint density at radius 3 is 2.60 bits per heavy atom. The Labute approximate surface area is 115 Å². The number of nitrogens with zero attached hydrogens (tertiary/aromatic N) is 3. The van der Waals surface area contributed by atoms with Crippen molar-refractivity contribution in [2.45, 2.75) is 12.8 Å². The number of carbonyl (C=O) groups is 1. The van der Waals surface area contributed by atoms with Gasteiger partial charge in [-0.3, -0.25) is 4.79 Å². The van der Waals surface area contributed by atoms with Crippen LogP contribution in [0.25, 0.3) is 0 Å². The van der Waals surface area contributed by atoms with Crippen molar-refractivity contribution >= 4 is 11.6 Å². The van der Waals surface area contributed by atoms with Crippen LogP contribution in [0.5, 0.6) is 0 Å². The monoisotopic (exact) mass is 270 g/mol. The first kappa shape index (κ1) is 13.7. The second kappa shape index (κ2) is 5.50. The molecule has 6 heteroatoms. The second-order valence-electron chi connectivity index (χ2n) is 4.52. The molecular formula is C14H11FN4O. The third-order valence-electron chi connectivity index (χ3n) is 3.30. The smallest absolute Gasteiger partial charge is 0.249 e. The van der Waals surface area contributed by atoms with Crippen LogP contribution in [0.1, 0.15) is 18.4 Å². The molecule has 1 aromatic carbocycles. The molecule has 1 aliphatic rings. The molecule has 1 aliphatic heterocycles. The molecule has 0 fully saturated rings. The molecular weight excluding hydrogens is 259 g/mol. The van der Waals surface area contributed by atoms with Crippen molar-refractivity contribution in [3.8, 4) is 12.1 Å². The van der Waals surface area contributed by atoms with Crippen LogP contribution in [0.4, 0.5) is 4.39 Å². The zero-order chi connectivity index (χ0) is 14.7. The Morgan fingerprint density at radius 2 is 2.10 bits per heavy atom. The maximum atomic E-state index is 13.4. The quantitative estimate of drug-likeness (QED) is 0.906. The maximum absolute atomic E-state index is 13.4. The van der Waals surface area contributed by atoms with E-state index in [0.717, 1.165) is 0 Å². The molecule has 1 aromatic rings. The molecule has 2 atom stereocenters. The summed E-state index contributed by atoms with van der Waals surface area (Å²) in [5, 5.41) is 22.1. The minimum Gasteiger partial charge on any atom is -0.272 e.